The average Bonchev–Trinajstić information content (AvgIpc) is 3.24. The smallest absolute Gasteiger partial charge is 0.270 e. The van der Waals surface area contributed by atoms with Gasteiger partial charge in [0.25, 0.3) is 10.0 Å². The second-order valence-corrected chi connectivity index (χ2v) is 11.2. The molecular weight excluding hydrogens is 525 g/mol. The molecule has 6 nitrogen and oxygen atoms in total. The lowest BCUT2D eigenvalue weighted by atomic mass is 10.1. The minimum Gasteiger partial charge on any atom is -0.325 e. The predicted molar refractivity (Wildman–Crippen MR) is 142 cm³/mol. The third-order valence-electron chi connectivity index (χ3n) is 5.29. The molecule has 0 unspecified atom stereocenters. The maximum atomic E-state index is 13.8. The quantitative estimate of drug-likeness (QED) is 0.249. The monoisotopic (exact) mass is 541 g/mol. The van der Waals surface area contributed by atoms with Crippen molar-refractivity contribution < 1.29 is 13.2 Å². The van der Waals surface area contributed by atoms with E-state index in [-0.39, 0.29) is 21.7 Å². The number of amides is 1. The van der Waals surface area contributed by atoms with E-state index in [2.05, 4.69) is 10.3 Å². The molecule has 0 fully saturated rings. The van der Waals surface area contributed by atoms with Gasteiger partial charge >= 0.3 is 0 Å². The van der Waals surface area contributed by atoms with Crippen molar-refractivity contribution in [2.24, 2.45) is 0 Å². The molecule has 10 heteroatoms. The fraction of sp³-hybridized carbons (Fsp3) is 0.0400. The lowest BCUT2D eigenvalue weighted by Crippen LogP contribution is -2.17. The second kappa shape index (κ2) is 9.54. The minimum atomic E-state index is -3.99. The highest BCUT2D eigenvalue weighted by Gasteiger charge is 2.25. The molecule has 0 saturated heterocycles. The van der Waals surface area contributed by atoms with Crippen LogP contribution in [0, 0.1) is 0 Å². The van der Waals surface area contributed by atoms with Crippen LogP contribution in [-0.4, -0.2) is 29.0 Å². The van der Waals surface area contributed by atoms with E-state index in [1.807, 2.05) is 24.3 Å². The maximum absolute atomic E-state index is 13.8. The summed E-state index contributed by atoms with van der Waals surface area (Å²) < 4.78 is 28.7. The van der Waals surface area contributed by atoms with Crippen LogP contribution in [0.4, 0.5) is 5.69 Å². The van der Waals surface area contributed by atoms with Gasteiger partial charge in [-0.05, 0) is 53.2 Å². The number of fused-ring (bicyclic) bond motifs is 2. The van der Waals surface area contributed by atoms with E-state index in [1.165, 1.54) is 3.97 Å². The number of aromatic nitrogens is 2. The van der Waals surface area contributed by atoms with Gasteiger partial charge in [0.2, 0.25) is 5.91 Å². The Morgan fingerprint density at radius 1 is 0.886 bits per heavy atom. The number of hydrogen-bond acceptors (Lipinski definition) is 5. The number of halogens is 2. The summed E-state index contributed by atoms with van der Waals surface area (Å²) in [6.45, 7) is 0. The number of carbonyl (C=O) groups excluding carboxylic acids is 1. The van der Waals surface area contributed by atoms with Crippen molar-refractivity contribution in [1.82, 2.24) is 8.96 Å². The standard InChI is InChI=1S/C25H17Cl2N3O3S2/c26-20-12-10-18(14-21(20)27)28-24(31)15-34-25-29-22-7-3-4-8-23(22)30(25)35(32,33)19-11-9-16-5-1-2-6-17(16)13-19/h1-14H,15H2,(H,28,31). The average molecular weight is 542 g/mol. The Morgan fingerprint density at radius 3 is 2.43 bits per heavy atom. The van der Waals surface area contributed by atoms with E-state index in [4.69, 9.17) is 23.2 Å². The number of thioether (sulfide) groups is 1. The van der Waals surface area contributed by atoms with Crippen molar-refractivity contribution in [2.45, 2.75) is 10.1 Å². The zero-order chi connectivity index (χ0) is 24.6. The minimum absolute atomic E-state index is 0.0587. The van der Waals surface area contributed by atoms with E-state index in [9.17, 15) is 13.2 Å². The Morgan fingerprint density at radius 2 is 1.63 bits per heavy atom. The third-order valence-corrected chi connectivity index (χ3v) is 8.78. The highest BCUT2D eigenvalue weighted by molar-refractivity contribution is 8.00. The highest BCUT2D eigenvalue weighted by Crippen LogP contribution is 2.31. The van der Waals surface area contributed by atoms with Crippen molar-refractivity contribution in [3.8, 4) is 0 Å². The lowest BCUT2D eigenvalue weighted by molar-refractivity contribution is -0.113. The zero-order valence-corrected chi connectivity index (χ0v) is 21.1. The molecule has 1 heterocycles. The fourth-order valence-electron chi connectivity index (χ4n) is 3.64. The summed E-state index contributed by atoms with van der Waals surface area (Å²) in [5.41, 5.74) is 1.44. The van der Waals surface area contributed by atoms with Crippen LogP contribution in [0.5, 0.6) is 0 Å². The lowest BCUT2D eigenvalue weighted by Gasteiger charge is -2.11. The summed E-state index contributed by atoms with van der Waals surface area (Å²) in [6, 6.07) is 24.3. The number of imidazole rings is 1. The van der Waals surface area contributed by atoms with Crippen LogP contribution in [0.2, 0.25) is 10.0 Å². The summed E-state index contributed by atoms with van der Waals surface area (Å²) in [5.74, 6) is -0.397. The number of benzene rings is 4. The van der Waals surface area contributed by atoms with Crippen molar-refractivity contribution >= 4 is 78.4 Å². The van der Waals surface area contributed by atoms with Crippen molar-refractivity contribution in [1.29, 1.82) is 0 Å². The first-order chi connectivity index (χ1) is 16.8. The van der Waals surface area contributed by atoms with E-state index >= 15 is 0 Å². The van der Waals surface area contributed by atoms with Crippen molar-refractivity contribution in [3.05, 3.63) is 95.0 Å². The molecule has 176 valence electrons. The molecule has 1 amide bonds. The molecule has 1 aromatic heterocycles. The highest BCUT2D eigenvalue weighted by atomic mass is 35.5. The predicted octanol–water partition coefficient (Wildman–Crippen LogP) is 6.46. The van der Waals surface area contributed by atoms with Crippen LogP contribution in [0.15, 0.2) is 95.0 Å². The summed E-state index contributed by atoms with van der Waals surface area (Å²) in [7, 11) is -3.99. The Bertz CT molecular complexity index is 1700. The molecule has 0 aliphatic rings. The molecule has 0 saturated carbocycles. The maximum Gasteiger partial charge on any atom is 0.270 e. The van der Waals surface area contributed by atoms with Gasteiger partial charge in [-0.2, -0.15) is 0 Å². The van der Waals surface area contributed by atoms with Gasteiger partial charge < -0.3 is 5.32 Å². The first-order valence-corrected chi connectivity index (χ1v) is 13.6. The molecule has 0 spiro atoms. The molecule has 1 N–H and O–H groups in total. The van der Waals surface area contributed by atoms with Crippen molar-refractivity contribution in [3.63, 3.8) is 0 Å². The largest absolute Gasteiger partial charge is 0.325 e. The molecule has 0 atom stereocenters. The number of para-hydroxylation sites is 2. The summed E-state index contributed by atoms with van der Waals surface area (Å²) in [6.07, 6.45) is 0. The Kier molecular flexibility index (Phi) is 6.46. The molecular formula is C25H17Cl2N3O3S2. The summed E-state index contributed by atoms with van der Waals surface area (Å²) in [5, 5.41) is 5.39. The molecule has 0 aliphatic heterocycles. The van der Waals surface area contributed by atoms with E-state index in [0.29, 0.717) is 26.8 Å². The van der Waals surface area contributed by atoms with Gasteiger partial charge in [-0.15, -0.1) is 0 Å². The van der Waals surface area contributed by atoms with E-state index in [1.54, 1.807) is 60.7 Å². The van der Waals surface area contributed by atoms with Gasteiger partial charge in [-0.3, -0.25) is 4.79 Å². The number of hydrogen-bond donors (Lipinski definition) is 1. The van der Waals surface area contributed by atoms with Crippen LogP contribution >= 0.6 is 35.0 Å². The molecule has 0 radical (unpaired) electrons. The fourth-order valence-corrected chi connectivity index (χ4v) is 6.49. The van der Waals surface area contributed by atoms with Crippen LogP contribution in [-0.2, 0) is 14.8 Å². The van der Waals surface area contributed by atoms with Gasteiger partial charge in [-0.25, -0.2) is 17.4 Å². The number of carbonyl (C=O) groups is 1. The first kappa shape index (κ1) is 23.7. The zero-order valence-electron chi connectivity index (χ0n) is 18.0. The molecule has 4 aromatic carbocycles. The van der Waals surface area contributed by atoms with E-state index < -0.39 is 10.0 Å². The van der Waals surface area contributed by atoms with Crippen LogP contribution in [0.25, 0.3) is 21.8 Å². The topological polar surface area (TPSA) is 81.1 Å². The van der Waals surface area contributed by atoms with Gasteiger partial charge in [-0.1, -0.05) is 77.4 Å². The third kappa shape index (κ3) is 4.75. The number of rotatable bonds is 6. The Hall–Kier alpha value is -3.04. The molecule has 35 heavy (non-hydrogen) atoms. The van der Waals surface area contributed by atoms with Gasteiger partial charge in [0.05, 0.1) is 31.7 Å². The molecule has 0 aliphatic carbocycles. The SMILES string of the molecule is O=C(CSc1nc2ccccc2n1S(=O)(=O)c1ccc2ccccc2c1)Nc1ccc(Cl)c(Cl)c1. The van der Waals surface area contributed by atoms with E-state index in [0.717, 1.165) is 22.5 Å². The summed E-state index contributed by atoms with van der Waals surface area (Å²) >= 11 is 13.0. The number of anilines is 1. The second-order valence-electron chi connectivity index (χ2n) is 7.63. The van der Waals surface area contributed by atoms with Crippen molar-refractivity contribution in [2.75, 3.05) is 11.1 Å². The Labute approximate surface area is 215 Å². The van der Waals surface area contributed by atoms with Crippen LogP contribution < -0.4 is 5.32 Å². The molecule has 0 bridgehead atoms. The molecule has 5 aromatic rings. The number of nitrogens with one attached hydrogen (secondary N) is 1. The number of nitrogens with zero attached hydrogens (tertiary/aromatic N) is 2. The van der Waals surface area contributed by atoms with Gasteiger partial charge in [0.1, 0.15) is 0 Å². The first-order valence-electron chi connectivity index (χ1n) is 10.4. The van der Waals surface area contributed by atoms with Crippen LogP contribution in [0.3, 0.4) is 0 Å². The molecule has 5 rings (SSSR count). The normalized spacial score (nSPS) is 11.7. The summed E-state index contributed by atoms with van der Waals surface area (Å²) in [4.78, 5) is 17.2. The van der Waals surface area contributed by atoms with Gasteiger partial charge in [0.15, 0.2) is 5.16 Å². The Balaban J connectivity index is 1.48. The van der Waals surface area contributed by atoms with Crippen LogP contribution in [0.1, 0.15) is 0 Å². The van der Waals surface area contributed by atoms with Gasteiger partial charge in [0, 0.05) is 5.69 Å².